The van der Waals surface area contributed by atoms with Gasteiger partial charge < -0.3 is 13.9 Å². The molecule has 0 bridgehead atoms. The number of nitrogens with one attached hydrogen (secondary N) is 1. The molecule has 1 saturated heterocycles. The topological polar surface area (TPSA) is 82.6 Å². The molecule has 0 aromatic carbocycles. The molecule has 0 saturated carbocycles. The fourth-order valence-electron chi connectivity index (χ4n) is 2.33. The van der Waals surface area contributed by atoms with Crippen molar-refractivity contribution < 1.29 is 13.9 Å². The second kappa shape index (κ2) is 6.34. The highest BCUT2D eigenvalue weighted by Crippen LogP contribution is 2.42. The third-order valence-corrected chi connectivity index (χ3v) is 9.25. The molecule has 0 spiro atoms. The largest absolute Gasteiger partial charge is 0.469 e. The zero-order valence-corrected chi connectivity index (χ0v) is 16.1. The molecule has 3 atom stereocenters. The standard InChI is InChI=1S/C16H26N2O5Si/c1-10-12(23-24(6,7)16(2,3)4)13(21-5)14(22-10)18-9-8-11(19)17-15(18)20/h8-9,12-14H,1H2,2-7H3,(H,17,19,20)/t12?,13?,14-/m1/s1. The summed E-state index contributed by atoms with van der Waals surface area (Å²) in [6.45, 7) is 14.6. The van der Waals surface area contributed by atoms with Crippen molar-refractivity contribution in [3.05, 3.63) is 45.4 Å². The lowest BCUT2D eigenvalue weighted by molar-refractivity contribution is -0.0406. The van der Waals surface area contributed by atoms with E-state index in [9.17, 15) is 9.59 Å². The van der Waals surface area contributed by atoms with Crippen LogP contribution in [0, 0.1) is 0 Å². The molecule has 1 aliphatic heterocycles. The molecule has 24 heavy (non-hydrogen) atoms. The van der Waals surface area contributed by atoms with Crippen molar-refractivity contribution in [2.75, 3.05) is 7.11 Å². The first-order valence-electron chi connectivity index (χ1n) is 7.85. The van der Waals surface area contributed by atoms with E-state index in [2.05, 4.69) is 45.4 Å². The third-order valence-electron chi connectivity index (χ3n) is 4.79. The molecule has 2 unspecified atom stereocenters. The van der Waals surface area contributed by atoms with Crippen LogP contribution in [-0.2, 0) is 13.9 Å². The molecule has 7 nitrogen and oxygen atoms in total. The van der Waals surface area contributed by atoms with Crippen molar-refractivity contribution in [2.24, 2.45) is 0 Å². The monoisotopic (exact) mass is 354 g/mol. The Morgan fingerprint density at radius 3 is 2.46 bits per heavy atom. The SMILES string of the molecule is C=C1O[C@@H](n2ccc(=O)[nH]c2=O)C(OC)C1O[Si](C)(C)C(C)(C)C. The van der Waals surface area contributed by atoms with E-state index in [1.165, 1.54) is 16.8 Å². The molecule has 134 valence electrons. The summed E-state index contributed by atoms with van der Waals surface area (Å²) in [5.41, 5.74) is -1.02. The van der Waals surface area contributed by atoms with Gasteiger partial charge in [0.25, 0.3) is 5.56 Å². The van der Waals surface area contributed by atoms with Crippen molar-refractivity contribution in [3.63, 3.8) is 0 Å². The Labute approximate surface area is 142 Å². The van der Waals surface area contributed by atoms with E-state index in [1.807, 2.05) is 0 Å². The summed E-state index contributed by atoms with van der Waals surface area (Å²) < 4.78 is 19.0. The van der Waals surface area contributed by atoms with Crippen molar-refractivity contribution in [1.82, 2.24) is 9.55 Å². The van der Waals surface area contributed by atoms with Gasteiger partial charge in [0.2, 0.25) is 6.23 Å². The Morgan fingerprint density at radius 2 is 1.96 bits per heavy atom. The highest BCUT2D eigenvalue weighted by Gasteiger charge is 2.49. The number of rotatable bonds is 4. The van der Waals surface area contributed by atoms with E-state index >= 15 is 0 Å². The average Bonchev–Trinajstić information content (AvgIpc) is 2.73. The van der Waals surface area contributed by atoms with E-state index in [-0.39, 0.29) is 5.04 Å². The second-order valence-corrected chi connectivity index (χ2v) is 12.2. The summed E-state index contributed by atoms with van der Waals surface area (Å²) in [6, 6.07) is 1.27. The van der Waals surface area contributed by atoms with Gasteiger partial charge in [-0.05, 0) is 18.1 Å². The van der Waals surface area contributed by atoms with Gasteiger partial charge in [-0.25, -0.2) is 4.79 Å². The zero-order chi connectivity index (χ0) is 18.3. The number of ether oxygens (including phenoxy) is 2. The predicted octanol–water partition coefficient (Wildman–Crippen LogP) is 1.98. The van der Waals surface area contributed by atoms with Crippen LogP contribution in [0.3, 0.4) is 0 Å². The Hall–Kier alpha value is -1.64. The van der Waals surface area contributed by atoms with Crippen molar-refractivity contribution >= 4 is 8.32 Å². The maximum atomic E-state index is 12.1. The van der Waals surface area contributed by atoms with E-state index in [0.717, 1.165) is 0 Å². The van der Waals surface area contributed by atoms with Crippen LogP contribution in [0.1, 0.15) is 27.0 Å². The minimum absolute atomic E-state index is 0.0124. The first kappa shape index (κ1) is 18.7. The average molecular weight is 354 g/mol. The van der Waals surface area contributed by atoms with Crippen LogP contribution in [0.2, 0.25) is 18.1 Å². The zero-order valence-electron chi connectivity index (χ0n) is 15.1. The van der Waals surface area contributed by atoms with Gasteiger partial charge in [0.05, 0.1) is 0 Å². The predicted molar refractivity (Wildman–Crippen MR) is 93.5 cm³/mol. The van der Waals surface area contributed by atoms with Gasteiger partial charge in [-0.2, -0.15) is 0 Å². The Morgan fingerprint density at radius 1 is 1.33 bits per heavy atom. The minimum Gasteiger partial charge on any atom is -0.469 e. The maximum absolute atomic E-state index is 12.1. The van der Waals surface area contributed by atoms with Crippen LogP contribution in [0.4, 0.5) is 0 Å². The molecular formula is C16H26N2O5Si. The molecular weight excluding hydrogens is 328 g/mol. The van der Waals surface area contributed by atoms with Gasteiger partial charge in [-0.1, -0.05) is 27.4 Å². The van der Waals surface area contributed by atoms with Crippen LogP contribution < -0.4 is 11.2 Å². The van der Waals surface area contributed by atoms with Gasteiger partial charge in [-0.15, -0.1) is 0 Å². The summed E-state index contributed by atoms with van der Waals surface area (Å²) in [6.07, 6.45) is -0.351. The molecule has 1 N–H and O–H groups in total. The van der Waals surface area contributed by atoms with E-state index in [4.69, 9.17) is 13.9 Å². The van der Waals surface area contributed by atoms with Gasteiger partial charge >= 0.3 is 5.69 Å². The van der Waals surface area contributed by atoms with E-state index in [0.29, 0.717) is 5.76 Å². The molecule has 1 aromatic heterocycles. The second-order valence-electron chi connectivity index (χ2n) is 7.49. The number of aromatic nitrogens is 2. The minimum atomic E-state index is -2.09. The van der Waals surface area contributed by atoms with Crippen molar-refractivity contribution in [1.29, 1.82) is 0 Å². The molecule has 0 radical (unpaired) electrons. The van der Waals surface area contributed by atoms with Gasteiger partial charge in [0, 0.05) is 19.4 Å². The fourth-order valence-corrected chi connectivity index (χ4v) is 3.59. The van der Waals surface area contributed by atoms with Crippen LogP contribution >= 0.6 is 0 Å². The number of aromatic amines is 1. The Bertz CT molecular complexity index is 731. The lowest BCUT2D eigenvalue weighted by atomic mass is 10.2. The molecule has 0 amide bonds. The molecule has 0 aliphatic carbocycles. The number of H-pyrrole nitrogens is 1. The molecule has 1 aromatic rings. The molecule has 2 heterocycles. The highest BCUT2D eigenvalue weighted by molar-refractivity contribution is 6.74. The van der Waals surface area contributed by atoms with Crippen LogP contribution in [-0.4, -0.2) is 37.2 Å². The Balaban J connectivity index is 2.35. The van der Waals surface area contributed by atoms with E-state index in [1.54, 1.807) is 7.11 Å². The summed E-state index contributed by atoms with van der Waals surface area (Å²) in [5, 5.41) is 0.0124. The van der Waals surface area contributed by atoms with Gasteiger partial charge in [0.1, 0.15) is 18.0 Å². The summed E-state index contributed by atoms with van der Waals surface area (Å²) in [4.78, 5) is 25.5. The Kier molecular flexibility index (Phi) is 4.94. The van der Waals surface area contributed by atoms with E-state index < -0.39 is 38.0 Å². The summed E-state index contributed by atoms with van der Waals surface area (Å²) in [7, 11) is -0.549. The van der Waals surface area contributed by atoms with Crippen LogP contribution in [0.15, 0.2) is 34.2 Å². The van der Waals surface area contributed by atoms with Crippen LogP contribution in [0.5, 0.6) is 0 Å². The first-order valence-corrected chi connectivity index (χ1v) is 10.8. The quantitative estimate of drug-likeness (QED) is 0.836. The molecule has 1 fully saturated rings. The number of nitrogens with zero attached hydrogens (tertiary/aromatic N) is 1. The number of hydrogen-bond donors (Lipinski definition) is 1. The maximum Gasteiger partial charge on any atom is 0.331 e. The lowest BCUT2D eigenvalue weighted by Crippen LogP contribution is -2.47. The third kappa shape index (κ3) is 3.40. The lowest BCUT2D eigenvalue weighted by Gasteiger charge is -2.39. The number of hydrogen-bond acceptors (Lipinski definition) is 5. The van der Waals surface area contributed by atoms with Gasteiger partial charge in [-0.3, -0.25) is 14.3 Å². The molecule has 8 heteroatoms. The smallest absolute Gasteiger partial charge is 0.331 e. The first-order chi connectivity index (χ1) is 11.0. The number of methoxy groups -OCH3 is 1. The normalized spacial score (nSPS) is 24.9. The van der Waals surface area contributed by atoms with Crippen LogP contribution in [0.25, 0.3) is 0 Å². The van der Waals surface area contributed by atoms with Crippen molar-refractivity contribution in [2.45, 2.75) is 57.3 Å². The van der Waals surface area contributed by atoms with Crippen molar-refractivity contribution in [3.8, 4) is 0 Å². The fraction of sp³-hybridized carbons (Fsp3) is 0.625. The summed E-state index contributed by atoms with van der Waals surface area (Å²) in [5.74, 6) is 0.426. The summed E-state index contributed by atoms with van der Waals surface area (Å²) >= 11 is 0. The molecule has 1 aliphatic rings. The van der Waals surface area contributed by atoms with Gasteiger partial charge in [0.15, 0.2) is 8.32 Å². The molecule has 2 rings (SSSR count). The highest BCUT2D eigenvalue weighted by atomic mass is 28.4.